The standard InChI is InChI=1S/C14H19BrClN3O2/c1-14(2,3)21-13(20)19-5-4-17-10(8-19)9-6-11(15)18-12(16)7-9/h6-7,10,17H,4-5,8H2,1-3H3. The number of nitrogens with zero attached hydrogens (tertiary/aromatic N) is 2. The van der Waals surface area contributed by atoms with Gasteiger partial charge in [0.25, 0.3) is 0 Å². The lowest BCUT2D eigenvalue weighted by Crippen LogP contribution is -2.49. The van der Waals surface area contributed by atoms with Gasteiger partial charge >= 0.3 is 6.09 Å². The van der Waals surface area contributed by atoms with Crippen molar-refractivity contribution in [3.63, 3.8) is 0 Å². The van der Waals surface area contributed by atoms with Gasteiger partial charge in [0.15, 0.2) is 0 Å². The second kappa shape index (κ2) is 6.50. The molecule has 1 saturated heterocycles. The summed E-state index contributed by atoms with van der Waals surface area (Å²) in [7, 11) is 0. The van der Waals surface area contributed by atoms with Crippen LogP contribution in [0.5, 0.6) is 0 Å². The molecule has 0 aromatic carbocycles. The molecule has 1 unspecified atom stereocenters. The first kappa shape index (κ1) is 16.5. The topological polar surface area (TPSA) is 54.5 Å². The summed E-state index contributed by atoms with van der Waals surface area (Å²) in [6, 6.07) is 3.73. The summed E-state index contributed by atoms with van der Waals surface area (Å²) >= 11 is 9.32. The summed E-state index contributed by atoms with van der Waals surface area (Å²) in [5.41, 5.74) is 0.510. The lowest BCUT2D eigenvalue weighted by Gasteiger charge is -2.35. The number of carbonyl (C=O) groups is 1. The van der Waals surface area contributed by atoms with Gasteiger partial charge in [-0.15, -0.1) is 0 Å². The first-order valence-corrected chi connectivity index (χ1v) is 7.96. The largest absolute Gasteiger partial charge is 0.444 e. The Balaban J connectivity index is 2.08. The monoisotopic (exact) mass is 375 g/mol. The van der Waals surface area contributed by atoms with E-state index in [1.807, 2.05) is 32.9 Å². The van der Waals surface area contributed by atoms with E-state index in [-0.39, 0.29) is 12.1 Å². The van der Waals surface area contributed by atoms with E-state index in [2.05, 4.69) is 26.2 Å². The summed E-state index contributed by atoms with van der Waals surface area (Å²) in [5, 5.41) is 3.81. The van der Waals surface area contributed by atoms with Crippen LogP contribution in [0.25, 0.3) is 0 Å². The van der Waals surface area contributed by atoms with E-state index in [0.717, 1.165) is 5.56 Å². The van der Waals surface area contributed by atoms with Crippen molar-refractivity contribution < 1.29 is 9.53 Å². The number of carbonyl (C=O) groups excluding carboxylic acids is 1. The zero-order valence-corrected chi connectivity index (χ0v) is 14.7. The van der Waals surface area contributed by atoms with Gasteiger partial charge in [0, 0.05) is 19.6 Å². The Kier molecular flexibility index (Phi) is 5.11. The number of rotatable bonds is 1. The molecule has 2 rings (SSSR count). The van der Waals surface area contributed by atoms with Crippen molar-refractivity contribution in [2.24, 2.45) is 0 Å². The van der Waals surface area contributed by atoms with Gasteiger partial charge in [-0.25, -0.2) is 9.78 Å². The number of piperazine rings is 1. The molecular weight excluding hydrogens is 358 g/mol. The Hall–Kier alpha value is -0.850. The maximum atomic E-state index is 12.2. The van der Waals surface area contributed by atoms with Crippen molar-refractivity contribution in [3.05, 3.63) is 27.5 Å². The maximum absolute atomic E-state index is 12.2. The Morgan fingerprint density at radius 3 is 2.86 bits per heavy atom. The fourth-order valence-corrected chi connectivity index (χ4v) is 2.92. The zero-order chi connectivity index (χ0) is 15.6. The number of aromatic nitrogens is 1. The van der Waals surface area contributed by atoms with Crippen LogP contribution in [0.15, 0.2) is 16.7 Å². The van der Waals surface area contributed by atoms with Gasteiger partial charge in [-0.1, -0.05) is 11.6 Å². The Morgan fingerprint density at radius 2 is 2.24 bits per heavy atom. The quantitative estimate of drug-likeness (QED) is 0.764. The van der Waals surface area contributed by atoms with Gasteiger partial charge in [-0.3, -0.25) is 0 Å². The van der Waals surface area contributed by atoms with Crippen LogP contribution in [0.3, 0.4) is 0 Å². The van der Waals surface area contributed by atoms with Crippen LogP contribution in [0.2, 0.25) is 5.15 Å². The van der Waals surface area contributed by atoms with E-state index >= 15 is 0 Å². The molecule has 0 bridgehead atoms. The smallest absolute Gasteiger partial charge is 0.410 e. The van der Waals surface area contributed by atoms with Crippen molar-refractivity contribution in [3.8, 4) is 0 Å². The fraction of sp³-hybridized carbons (Fsp3) is 0.571. The van der Waals surface area contributed by atoms with Crippen LogP contribution in [-0.2, 0) is 4.74 Å². The van der Waals surface area contributed by atoms with E-state index in [4.69, 9.17) is 16.3 Å². The summed E-state index contributed by atoms with van der Waals surface area (Å²) in [4.78, 5) is 18.0. The minimum absolute atomic E-state index is 0.0167. The number of pyridine rings is 1. The predicted octanol–water partition coefficient (Wildman–Crippen LogP) is 3.38. The van der Waals surface area contributed by atoms with Crippen molar-refractivity contribution in [2.75, 3.05) is 19.6 Å². The van der Waals surface area contributed by atoms with E-state index in [9.17, 15) is 4.79 Å². The molecule has 1 fully saturated rings. The highest BCUT2D eigenvalue weighted by atomic mass is 79.9. The minimum atomic E-state index is -0.486. The molecule has 2 heterocycles. The lowest BCUT2D eigenvalue weighted by atomic mass is 10.1. The highest BCUT2D eigenvalue weighted by Gasteiger charge is 2.28. The number of amides is 1. The van der Waals surface area contributed by atoms with E-state index in [1.54, 1.807) is 4.90 Å². The predicted molar refractivity (Wildman–Crippen MR) is 85.5 cm³/mol. The number of hydrogen-bond donors (Lipinski definition) is 1. The van der Waals surface area contributed by atoms with Crippen molar-refractivity contribution >= 4 is 33.6 Å². The molecule has 5 nitrogen and oxygen atoms in total. The van der Waals surface area contributed by atoms with E-state index in [1.165, 1.54) is 0 Å². The molecule has 1 aromatic heterocycles. The maximum Gasteiger partial charge on any atom is 0.410 e. The van der Waals surface area contributed by atoms with Crippen LogP contribution in [-0.4, -0.2) is 41.2 Å². The highest BCUT2D eigenvalue weighted by molar-refractivity contribution is 9.10. The fourth-order valence-electron chi connectivity index (χ4n) is 2.15. The van der Waals surface area contributed by atoms with Gasteiger partial charge < -0.3 is 15.0 Å². The normalized spacial score (nSPS) is 19.5. The zero-order valence-electron chi connectivity index (χ0n) is 12.3. The third-order valence-electron chi connectivity index (χ3n) is 3.01. The average molecular weight is 377 g/mol. The molecule has 0 saturated carbocycles. The van der Waals surface area contributed by atoms with Crippen LogP contribution in [0.1, 0.15) is 32.4 Å². The SMILES string of the molecule is CC(C)(C)OC(=O)N1CCNC(c2cc(Cl)nc(Br)c2)C1. The molecule has 1 atom stereocenters. The summed E-state index contributed by atoms with van der Waals surface area (Å²) in [5.74, 6) is 0. The van der Waals surface area contributed by atoms with E-state index < -0.39 is 5.60 Å². The molecule has 1 aliphatic rings. The van der Waals surface area contributed by atoms with Gasteiger partial charge in [0.1, 0.15) is 15.4 Å². The summed E-state index contributed by atoms with van der Waals surface area (Å²) in [6.45, 7) is 7.48. The molecule has 7 heteroatoms. The van der Waals surface area contributed by atoms with Crippen LogP contribution >= 0.6 is 27.5 Å². The van der Waals surface area contributed by atoms with Crippen molar-refractivity contribution in [1.82, 2.24) is 15.2 Å². The molecular formula is C14H19BrClN3O2. The first-order valence-electron chi connectivity index (χ1n) is 6.79. The van der Waals surface area contributed by atoms with Crippen LogP contribution < -0.4 is 5.32 Å². The van der Waals surface area contributed by atoms with Crippen molar-refractivity contribution in [2.45, 2.75) is 32.4 Å². The number of halogens is 2. The van der Waals surface area contributed by atoms with Gasteiger partial charge in [0.2, 0.25) is 0 Å². The van der Waals surface area contributed by atoms with Gasteiger partial charge in [-0.2, -0.15) is 0 Å². The average Bonchev–Trinajstić information content (AvgIpc) is 2.36. The molecule has 1 N–H and O–H groups in total. The number of nitrogens with one attached hydrogen (secondary N) is 1. The molecule has 0 radical (unpaired) electrons. The lowest BCUT2D eigenvalue weighted by molar-refractivity contribution is 0.0195. The second-order valence-electron chi connectivity index (χ2n) is 5.98. The highest BCUT2D eigenvalue weighted by Crippen LogP contribution is 2.24. The Morgan fingerprint density at radius 1 is 1.52 bits per heavy atom. The van der Waals surface area contributed by atoms with Crippen LogP contribution in [0, 0.1) is 0 Å². The Labute approximate surface area is 138 Å². The van der Waals surface area contributed by atoms with Crippen molar-refractivity contribution in [1.29, 1.82) is 0 Å². The molecule has 1 amide bonds. The second-order valence-corrected chi connectivity index (χ2v) is 7.18. The summed E-state index contributed by atoms with van der Waals surface area (Å²) < 4.78 is 6.10. The molecule has 1 aliphatic heterocycles. The first-order chi connectivity index (χ1) is 9.74. The molecule has 21 heavy (non-hydrogen) atoms. The molecule has 1 aromatic rings. The van der Waals surface area contributed by atoms with Crippen LogP contribution in [0.4, 0.5) is 4.79 Å². The van der Waals surface area contributed by atoms with E-state index in [0.29, 0.717) is 29.4 Å². The number of ether oxygens (including phenoxy) is 1. The molecule has 0 aliphatic carbocycles. The Bertz CT molecular complexity index is 513. The number of hydrogen-bond acceptors (Lipinski definition) is 4. The minimum Gasteiger partial charge on any atom is -0.444 e. The van der Waals surface area contributed by atoms with Gasteiger partial charge in [0.05, 0.1) is 6.04 Å². The van der Waals surface area contributed by atoms with Gasteiger partial charge in [-0.05, 0) is 54.4 Å². The third kappa shape index (κ3) is 4.83. The summed E-state index contributed by atoms with van der Waals surface area (Å²) in [6.07, 6.45) is -0.284. The molecule has 0 spiro atoms. The molecule has 116 valence electrons. The third-order valence-corrected chi connectivity index (χ3v) is 3.61.